The fraction of sp³-hybridized carbons (Fsp3) is 0.600. The summed E-state index contributed by atoms with van der Waals surface area (Å²) in [4.78, 5) is 25.2. The van der Waals surface area contributed by atoms with E-state index < -0.39 is 11.7 Å². The topological polar surface area (TPSA) is 64.6 Å². The van der Waals surface area contributed by atoms with Gasteiger partial charge in [0.15, 0.2) is 0 Å². The highest BCUT2D eigenvalue weighted by molar-refractivity contribution is 7.14. The zero-order valence-electron chi connectivity index (χ0n) is 12.8. The molecule has 1 aliphatic carbocycles. The molecule has 0 aromatic carbocycles. The summed E-state index contributed by atoms with van der Waals surface area (Å²) in [5.41, 5.74) is 0.619. The summed E-state index contributed by atoms with van der Waals surface area (Å²) in [6.07, 6.45) is 1.07. The van der Waals surface area contributed by atoms with Gasteiger partial charge in [0.1, 0.15) is 10.5 Å². The van der Waals surface area contributed by atoms with Crippen molar-refractivity contribution >= 4 is 23.4 Å². The Balaban J connectivity index is 1.91. The standard InChI is InChI=1S/C15H21NO4S/c1-5-19-13(17)12-7-9-6-10(8-11(9)21-12)16-14(18)20-15(2,3)4/h7,10H,5-6,8H2,1-4H3,(H,16,18). The second-order valence-electron chi connectivity index (χ2n) is 6.03. The van der Waals surface area contributed by atoms with E-state index in [0.29, 0.717) is 11.5 Å². The van der Waals surface area contributed by atoms with Gasteiger partial charge in [-0.3, -0.25) is 0 Å². The fourth-order valence-electron chi connectivity index (χ4n) is 2.25. The molecule has 1 aliphatic rings. The summed E-state index contributed by atoms with van der Waals surface area (Å²) >= 11 is 1.45. The average Bonchev–Trinajstić information content (AvgIpc) is 2.83. The lowest BCUT2D eigenvalue weighted by Gasteiger charge is -2.21. The Kier molecular flexibility index (Phi) is 4.56. The van der Waals surface area contributed by atoms with E-state index in [-0.39, 0.29) is 12.0 Å². The summed E-state index contributed by atoms with van der Waals surface area (Å²) in [7, 11) is 0. The Labute approximate surface area is 128 Å². The molecule has 0 saturated carbocycles. The van der Waals surface area contributed by atoms with Crippen LogP contribution >= 0.6 is 11.3 Å². The van der Waals surface area contributed by atoms with Crippen LogP contribution in [0.2, 0.25) is 0 Å². The van der Waals surface area contributed by atoms with E-state index in [2.05, 4.69) is 5.32 Å². The van der Waals surface area contributed by atoms with Crippen LogP contribution in [0.15, 0.2) is 6.07 Å². The maximum absolute atomic E-state index is 11.7. The third-order valence-corrected chi connectivity index (χ3v) is 4.17. The molecule has 0 radical (unpaired) electrons. The monoisotopic (exact) mass is 311 g/mol. The summed E-state index contributed by atoms with van der Waals surface area (Å²) in [6.45, 7) is 7.68. The molecule has 1 amide bonds. The van der Waals surface area contributed by atoms with Crippen molar-refractivity contribution in [3.05, 3.63) is 21.4 Å². The Morgan fingerprint density at radius 3 is 2.67 bits per heavy atom. The molecule has 1 atom stereocenters. The number of carbonyl (C=O) groups excluding carboxylic acids is 2. The first-order valence-electron chi connectivity index (χ1n) is 7.06. The molecule has 1 aromatic rings. The van der Waals surface area contributed by atoms with Crippen molar-refractivity contribution in [1.82, 2.24) is 5.32 Å². The van der Waals surface area contributed by atoms with E-state index in [4.69, 9.17) is 9.47 Å². The average molecular weight is 311 g/mol. The van der Waals surface area contributed by atoms with E-state index in [1.165, 1.54) is 11.3 Å². The second kappa shape index (κ2) is 6.05. The number of carbonyl (C=O) groups is 2. The minimum absolute atomic E-state index is 0.0392. The third kappa shape index (κ3) is 4.20. The molecular formula is C15H21NO4S. The van der Waals surface area contributed by atoms with Crippen molar-refractivity contribution in [1.29, 1.82) is 0 Å². The smallest absolute Gasteiger partial charge is 0.407 e. The molecule has 2 rings (SSSR count). The van der Waals surface area contributed by atoms with Gasteiger partial charge >= 0.3 is 12.1 Å². The van der Waals surface area contributed by atoms with Gasteiger partial charge in [0.25, 0.3) is 0 Å². The van der Waals surface area contributed by atoms with Crippen LogP contribution in [0.4, 0.5) is 4.79 Å². The first kappa shape index (κ1) is 15.8. The Morgan fingerprint density at radius 2 is 2.10 bits per heavy atom. The SMILES string of the molecule is CCOC(=O)c1cc2c(s1)CC(NC(=O)OC(C)(C)C)C2. The minimum atomic E-state index is -0.495. The Morgan fingerprint density at radius 1 is 1.38 bits per heavy atom. The van der Waals surface area contributed by atoms with Crippen molar-refractivity contribution in [3.8, 4) is 0 Å². The van der Waals surface area contributed by atoms with E-state index in [0.717, 1.165) is 23.3 Å². The molecule has 116 valence electrons. The Bertz CT molecular complexity index is 521. The predicted octanol–water partition coefficient (Wildman–Crippen LogP) is 2.92. The highest BCUT2D eigenvalue weighted by Gasteiger charge is 2.28. The largest absolute Gasteiger partial charge is 0.462 e. The number of fused-ring (bicyclic) bond motifs is 1. The van der Waals surface area contributed by atoms with Crippen LogP contribution in [0, 0.1) is 0 Å². The number of nitrogens with one attached hydrogen (secondary N) is 1. The molecule has 0 saturated heterocycles. The molecule has 1 aromatic heterocycles. The second-order valence-corrected chi connectivity index (χ2v) is 7.17. The van der Waals surface area contributed by atoms with Gasteiger partial charge in [0, 0.05) is 17.3 Å². The van der Waals surface area contributed by atoms with Crippen molar-refractivity contribution < 1.29 is 19.1 Å². The van der Waals surface area contributed by atoms with Crippen LogP contribution in [0.3, 0.4) is 0 Å². The van der Waals surface area contributed by atoms with Gasteiger partial charge < -0.3 is 14.8 Å². The van der Waals surface area contributed by atoms with Crippen molar-refractivity contribution in [3.63, 3.8) is 0 Å². The number of thiophene rings is 1. The van der Waals surface area contributed by atoms with E-state index in [1.807, 2.05) is 26.8 Å². The number of esters is 1. The van der Waals surface area contributed by atoms with Gasteiger partial charge in [0.05, 0.1) is 6.61 Å². The van der Waals surface area contributed by atoms with E-state index in [9.17, 15) is 9.59 Å². The number of ether oxygens (including phenoxy) is 2. The first-order valence-corrected chi connectivity index (χ1v) is 7.88. The number of rotatable bonds is 3. The van der Waals surface area contributed by atoms with Crippen LogP contribution in [0.1, 0.15) is 47.8 Å². The van der Waals surface area contributed by atoms with Crippen LogP contribution in [-0.2, 0) is 22.3 Å². The van der Waals surface area contributed by atoms with Gasteiger partial charge in [-0.05, 0) is 45.7 Å². The lowest BCUT2D eigenvalue weighted by atomic mass is 10.2. The zero-order chi connectivity index (χ0) is 15.6. The van der Waals surface area contributed by atoms with Gasteiger partial charge in [-0.2, -0.15) is 0 Å². The highest BCUT2D eigenvalue weighted by Crippen LogP contribution is 2.31. The molecule has 1 N–H and O–H groups in total. The van der Waals surface area contributed by atoms with Gasteiger partial charge in [0.2, 0.25) is 0 Å². The maximum Gasteiger partial charge on any atom is 0.407 e. The molecule has 0 spiro atoms. The van der Waals surface area contributed by atoms with E-state index in [1.54, 1.807) is 6.92 Å². The fourth-order valence-corrected chi connectivity index (χ4v) is 3.42. The summed E-state index contributed by atoms with van der Waals surface area (Å²) in [6, 6.07) is 1.91. The zero-order valence-corrected chi connectivity index (χ0v) is 13.6. The van der Waals surface area contributed by atoms with Crippen molar-refractivity contribution in [2.24, 2.45) is 0 Å². The molecule has 0 fully saturated rings. The molecule has 6 heteroatoms. The Hall–Kier alpha value is -1.56. The number of hydrogen-bond donors (Lipinski definition) is 1. The minimum Gasteiger partial charge on any atom is -0.462 e. The first-order chi connectivity index (χ1) is 9.78. The highest BCUT2D eigenvalue weighted by atomic mass is 32.1. The number of hydrogen-bond acceptors (Lipinski definition) is 5. The molecule has 21 heavy (non-hydrogen) atoms. The lowest BCUT2D eigenvalue weighted by molar-refractivity contribution is 0.0501. The molecular weight excluding hydrogens is 290 g/mol. The van der Waals surface area contributed by atoms with Crippen LogP contribution in [0.25, 0.3) is 0 Å². The van der Waals surface area contributed by atoms with Crippen LogP contribution in [0.5, 0.6) is 0 Å². The summed E-state index contributed by atoms with van der Waals surface area (Å²) in [5, 5.41) is 2.87. The van der Waals surface area contributed by atoms with Gasteiger partial charge in [-0.15, -0.1) is 11.3 Å². The molecule has 5 nitrogen and oxygen atoms in total. The van der Waals surface area contributed by atoms with Crippen molar-refractivity contribution in [2.45, 2.75) is 52.2 Å². The predicted molar refractivity (Wildman–Crippen MR) is 80.8 cm³/mol. The number of alkyl carbamates (subject to hydrolysis) is 1. The summed E-state index contributed by atoms with van der Waals surface area (Å²) in [5.74, 6) is -0.270. The molecule has 1 heterocycles. The van der Waals surface area contributed by atoms with Gasteiger partial charge in [-0.25, -0.2) is 9.59 Å². The van der Waals surface area contributed by atoms with Crippen molar-refractivity contribution in [2.75, 3.05) is 6.61 Å². The molecule has 1 unspecified atom stereocenters. The summed E-state index contributed by atoms with van der Waals surface area (Å²) < 4.78 is 10.2. The lowest BCUT2D eigenvalue weighted by Crippen LogP contribution is -2.39. The van der Waals surface area contributed by atoms with Gasteiger partial charge in [-0.1, -0.05) is 0 Å². The quantitative estimate of drug-likeness (QED) is 0.872. The molecule has 0 bridgehead atoms. The van der Waals surface area contributed by atoms with Crippen LogP contribution in [-0.4, -0.2) is 30.3 Å². The van der Waals surface area contributed by atoms with E-state index >= 15 is 0 Å². The maximum atomic E-state index is 11.7. The normalized spacial score (nSPS) is 17.2. The van der Waals surface area contributed by atoms with Crippen LogP contribution < -0.4 is 5.32 Å². The third-order valence-electron chi connectivity index (χ3n) is 2.99. The number of amides is 1. The molecule has 0 aliphatic heterocycles.